The fourth-order valence-electron chi connectivity index (χ4n) is 1.97. The van der Waals surface area contributed by atoms with Gasteiger partial charge in [-0.2, -0.15) is 5.10 Å². The second-order valence-electron chi connectivity index (χ2n) is 4.34. The molecule has 3 rings (SSSR count). The van der Waals surface area contributed by atoms with Gasteiger partial charge in [-0.3, -0.25) is 4.68 Å². The van der Waals surface area contributed by atoms with E-state index < -0.39 is 0 Å². The number of rotatable bonds is 2. The maximum Gasteiger partial charge on any atom is 0.162 e. The van der Waals surface area contributed by atoms with Gasteiger partial charge in [-0.1, -0.05) is 11.8 Å². The highest BCUT2D eigenvalue weighted by Gasteiger charge is 2.15. The van der Waals surface area contributed by atoms with E-state index >= 15 is 0 Å². The highest BCUT2D eigenvalue weighted by atomic mass is 32.2. The SMILES string of the molecule is Cc1nn(C)c(Sc2ccc3c(c2)OCCO3)c1N. The van der Waals surface area contributed by atoms with Gasteiger partial charge >= 0.3 is 0 Å². The Labute approximate surface area is 115 Å². The van der Waals surface area contributed by atoms with E-state index in [2.05, 4.69) is 5.10 Å². The van der Waals surface area contributed by atoms with E-state index in [4.69, 9.17) is 15.2 Å². The zero-order chi connectivity index (χ0) is 13.4. The van der Waals surface area contributed by atoms with Crippen molar-refractivity contribution in [3.8, 4) is 11.5 Å². The molecule has 0 saturated heterocycles. The molecule has 0 aliphatic carbocycles. The lowest BCUT2D eigenvalue weighted by atomic mass is 10.3. The molecule has 0 atom stereocenters. The van der Waals surface area contributed by atoms with E-state index in [0.29, 0.717) is 13.2 Å². The summed E-state index contributed by atoms with van der Waals surface area (Å²) in [6.07, 6.45) is 0. The van der Waals surface area contributed by atoms with Crippen LogP contribution in [0.15, 0.2) is 28.1 Å². The molecule has 1 aliphatic heterocycles. The minimum atomic E-state index is 0.591. The number of nitrogens with two attached hydrogens (primary N) is 1. The number of ether oxygens (including phenoxy) is 2. The molecule has 5 nitrogen and oxygen atoms in total. The average Bonchev–Trinajstić information content (AvgIpc) is 2.65. The largest absolute Gasteiger partial charge is 0.486 e. The summed E-state index contributed by atoms with van der Waals surface area (Å²) in [6, 6.07) is 5.90. The summed E-state index contributed by atoms with van der Waals surface area (Å²) in [4.78, 5) is 1.05. The van der Waals surface area contributed by atoms with Crippen molar-refractivity contribution < 1.29 is 9.47 Å². The van der Waals surface area contributed by atoms with E-state index in [0.717, 1.165) is 32.8 Å². The molecular formula is C13H15N3O2S. The summed E-state index contributed by atoms with van der Waals surface area (Å²) in [7, 11) is 1.89. The number of aryl methyl sites for hydroxylation is 2. The number of benzene rings is 1. The molecule has 0 saturated carbocycles. The molecule has 1 aliphatic rings. The third kappa shape index (κ3) is 2.23. The van der Waals surface area contributed by atoms with Crippen molar-refractivity contribution in [3.05, 3.63) is 23.9 Å². The van der Waals surface area contributed by atoms with Crippen LogP contribution in [0.5, 0.6) is 11.5 Å². The zero-order valence-corrected chi connectivity index (χ0v) is 11.7. The number of hydrogen-bond acceptors (Lipinski definition) is 5. The fraction of sp³-hybridized carbons (Fsp3) is 0.308. The van der Waals surface area contributed by atoms with Crippen LogP contribution in [-0.4, -0.2) is 23.0 Å². The highest BCUT2D eigenvalue weighted by Crippen LogP contribution is 2.38. The molecule has 2 N–H and O–H groups in total. The first-order valence-corrected chi connectivity index (χ1v) is 6.83. The van der Waals surface area contributed by atoms with E-state index in [1.54, 1.807) is 16.4 Å². The Bertz CT molecular complexity index is 625. The van der Waals surface area contributed by atoms with Gasteiger partial charge in [-0.05, 0) is 25.1 Å². The van der Waals surface area contributed by atoms with Crippen LogP contribution in [0.25, 0.3) is 0 Å². The van der Waals surface area contributed by atoms with Crippen LogP contribution in [0.3, 0.4) is 0 Å². The number of hydrogen-bond donors (Lipinski definition) is 1. The Balaban J connectivity index is 1.91. The van der Waals surface area contributed by atoms with E-state index in [1.807, 2.05) is 32.2 Å². The molecule has 0 amide bonds. The Morgan fingerprint density at radius 3 is 2.68 bits per heavy atom. The van der Waals surface area contributed by atoms with Gasteiger partial charge in [-0.15, -0.1) is 0 Å². The van der Waals surface area contributed by atoms with Crippen molar-refractivity contribution in [2.24, 2.45) is 7.05 Å². The maximum atomic E-state index is 6.03. The second-order valence-corrected chi connectivity index (χ2v) is 5.40. The molecule has 0 radical (unpaired) electrons. The third-order valence-corrected chi connectivity index (χ3v) is 4.11. The van der Waals surface area contributed by atoms with Gasteiger partial charge in [0.05, 0.1) is 11.4 Å². The van der Waals surface area contributed by atoms with Gasteiger partial charge in [0.1, 0.15) is 18.2 Å². The van der Waals surface area contributed by atoms with Crippen LogP contribution < -0.4 is 15.2 Å². The van der Waals surface area contributed by atoms with Gasteiger partial charge in [0.15, 0.2) is 11.5 Å². The van der Waals surface area contributed by atoms with Crippen LogP contribution in [0.1, 0.15) is 5.69 Å². The third-order valence-electron chi connectivity index (χ3n) is 2.94. The molecule has 2 heterocycles. The highest BCUT2D eigenvalue weighted by molar-refractivity contribution is 7.99. The summed E-state index contributed by atoms with van der Waals surface area (Å²) in [6.45, 7) is 3.10. The monoisotopic (exact) mass is 277 g/mol. The summed E-state index contributed by atoms with van der Waals surface area (Å²) in [5.74, 6) is 1.58. The van der Waals surface area contributed by atoms with Gasteiger partial charge in [-0.25, -0.2) is 0 Å². The number of fused-ring (bicyclic) bond motifs is 1. The topological polar surface area (TPSA) is 62.3 Å². The minimum Gasteiger partial charge on any atom is -0.486 e. The number of nitrogens with zero attached hydrogens (tertiary/aromatic N) is 2. The summed E-state index contributed by atoms with van der Waals surface area (Å²) < 4.78 is 12.9. The second kappa shape index (κ2) is 4.70. The van der Waals surface area contributed by atoms with Crippen LogP contribution >= 0.6 is 11.8 Å². The summed E-state index contributed by atoms with van der Waals surface area (Å²) >= 11 is 1.57. The van der Waals surface area contributed by atoms with E-state index in [1.165, 1.54) is 0 Å². The fourth-order valence-corrected chi connectivity index (χ4v) is 2.93. The van der Waals surface area contributed by atoms with Gasteiger partial charge in [0.2, 0.25) is 0 Å². The van der Waals surface area contributed by atoms with Gasteiger partial charge < -0.3 is 15.2 Å². The van der Waals surface area contributed by atoms with Crippen molar-refractivity contribution in [2.45, 2.75) is 16.8 Å². The summed E-state index contributed by atoms with van der Waals surface area (Å²) in [5, 5.41) is 5.25. The predicted octanol–water partition coefficient (Wildman–Crippen LogP) is 2.23. The standard InChI is InChI=1S/C13H15N3O2S/c1-8-12(14)13(16(2)15-8)19-9-3-4-10-11(7-9)18-6-5-17-10/h3-4,7H,5-6,14H2,1-2H3. The number of aromatic nitrogens is 2. The van der Waals surface area contributed by atoms with Crippen LogP contribution in [0.2, 0.25) is 0 Å². The molecule has 0 fully saturated rings. The first-order valence-electron chi connectivity index (χ1n) is 6.01. The molecular weight excluding hydrogens is 262 g/mol. The molecule has 100 valence electrons. The quantitative estimate of drug-likeness (QED) is 0.912. The Morgan fingerprint density at radius 1 is 1.26 bits per heavy atom. The van der Waals surface area contributed by atoms with Crippen molar-refractivity contribution in [1.29, 1.82) is 0 Å². The van der Waals surface area contributed by atoms with Crippen molar-refractivity contribution >= 4 is 17.4 Å². The Kier molecular flexibility index (Phi) is 3.02. The predicted molar refractivity (Wildman–Crippen MR) is 73.9 cm³/mol. The molecule has 19 heavy (non-hydrogen) atoms. The average molecular weight is 277 g/mol. The molecule has 0 unspecified atom stereocenters. The Morgan fingerprint density at radius 2 is 2.00 bits per heavy atom. The maximum absolute atomic E-state index is 6.03. The molecule has 1 aromatic heterocycles. The van der Waals surface area contributed by atoms with Crippen molar-refractivity contribution in [1.82, 2.24) is 9.78 Å². The first kappa shape index (κ1) is 12.2. The van der Waals surface area contributed by atoms with E-state index in [9.17, 15) is 0 Å². The zero-order valence-electron chi connectivity index (χ0n) is 10.8. The lowest BCUT2D eigenvalue weighted by Crippen LogP contribution is -2.15. The molecule has 1 aromatic carbocycles. The van der Waals surface area contributed by atoms with Crippen LogP contribution in [0.4, 0.5) is 5.69 Å². The lowest BCUT2D eigenvalue weighted by molar-refractivity contribution is 0.171. The van der Waals surface area contributed by atoms with Gasteiger partial charge in [0, 0.05) is 11.9 Å². The number of nitrogen functional groups attached to an aromatic ring is 1. The first-order chi connectivity index (χ1) is 9.15. The van der Waals surface area contributed by atoms with Gasteiger partial charge in [0.25, 0.3) is 0 Å². The minimum absolute atomic E-state index is 0.591. The number of anilines is 1. The lowest BCUT2D eigenvalue weighted by Gasteiger charge is -2.18. The summed E-state index contributed by atoms with van der Waals surface area (Å²) in [5.41, 5.74) is 7.60. The van der Waals surface area contributed by atoms with E-state index in [-0.39, 0.29) is 0 Å². The molecule has 0 spiro atoms. The van der Waals surface area contributed by atoms with Crippen LogP contribution in [0, 0.1) is 6.92 Å². The normalized spacial score (nSPS) is 13.6. The van der Waals surface area contributed by atoms with Crippen molar-refractivity contribution in [3.63, 3.8) is 0 Å². The van der Waals surface area contributed by atoms with Crippen LogP contribution in [-0.2, 0) is 7.05 Å². The Hall–Kier alpha value is -1.82. The smallest absolute Gasteiger partial charge is 0.162 e. The molecule has 2 aromatic rings. The molecule has 6 heteroatoms. The van der Waals surface area contributed by atoms with Crippen molar-refractivity contribution in [2.75, 3.05) is 18.9 Å². The molecule has 0 bridgehead atoms.